The van der Waals surface area contributed by atoms with Gasteiger partial charge in [0.1, 0.15) is 5.82 Å². The summed E-state index contributed by atoms with van der Waals surface area (Å²) >= 11 is 0. The Balaban J connectivity index is 1.55. The van der Waals surface area contributed by atoms with Crippen molar-refractivity contribution in [2.24, 2.45) is 5.92 Å². The smallest absolute Gasteiger partial charge is 0.227 e. The highest BCUT2D eigenvalue weighted by Crippen LogP contribution is 2.22. The predicted octanol–water partition coefficient (Wildman–Crippen LogP) is 4.61. The minimum Gasteiger partial charge on any atom is -0.349 e. The number of carbonyl (C=O) groups is 2. The second-order valence-electron chi connectivity index (χ2n) is 8.53. The molecule has 1 aliphatic rings. The third-order valence-electron chi connectivity index (χ3n) is 5.88. The molecule has 0 spiro atoms. The Kier molecular flexibility index (Phi) is 7.24. The molecule has 0 bridgehead atoms. The van der Waals surface area contributed by atoms with E-state index in [-0.39, 0.29) is 36.0 Å². The highest BCUT2D eigenvalue weighted by Gasteiger charge is 2.29. The number of hydrogen-bond acceptors (Lipinski definition) is 2. The summed E-state index contributed by atoms with van der Waals surface area (Å²) in [6, 6.07) is 14.3. The van der Waals surface area contributed by atoms with E-state index in [1.807, 2.05) is 6.92 Å². The molecule has 2 unspecified atom stereocenters. The number of carbonyl (C=O) groups excluding carboxylic acids is 2. The zero-order valence-corrected chi connectivity index (χ0v) is 18.0. The molecule has 2 atom stereocenters. The topological polar surface area (TPSA) is 49.4 Å². The molecule has 0 aromatic heterocycles. The molecule has 2 aromatic carbocycles. The number of rotatable bonds is 6. The van der Waals surface area contributed by atoms with Gasteiger partial charge in [0.25, 0.3) is 0 Å². The fourth-order valence-electron chi connectivity index (χ4n) is 3.89. The number of piperidine rings is 1. The summed E-state index contributed by atoms with van der Waals surface area (Å²) in [7, 11) is 0. The van der Waals surface area contributed by atoms with Crippen LogP contribution in [0.3, 0.4) is 0 Å². The van der Waals surface area contributed by atoms with Gasteiger partial charge in [-0.15, -0.1) is 0 Å². The third kappa shape index (κ3) is 5.68. The first-order valence-electron chi connectivity index (χ1n) is 10.8. The molecule has 4 nitrogen and oxygen atoms in total. The van der Waals surface area contributed by atoms with Crippen molar-refractivity contribution in [3.63, 3.8) is 0 Å². The quantitative estimate of drug-likeness (QED) is 0.756. The van der Waals surface area contributed by atoms with Crippen LogP contribution in [0.4, 0.5) is 4.39 Å². The molecule has 5 heteroatoms. The first-order valence-corrected chi connectivity index (χ1v) is 10.8. The summed E-state index contributed by atoms with van der Waals surface area (Å²) in [4.78, 5) is 27.2. The van der Waals surface area contributed by atoms with Gasteiger partial charge in [0.15, 0.2) is 0 Å². The molecule has 3 rings (SSSR count). The number of halogens is 1. The second-order valence-corrected chi connectivity index (χ2v) is 8.53. The van der Waals surface area contributed by atoms with Crippen molar-refractivity contribution in [3.05, 3.63) is 71.0 Å². The lowest BCUT2D eigenvalue weighted by Gasteiger charge is -2.33. The molecule has 160 valence electrons. The molecular formula is C25H31FN2O2. The standard InChI is InChI=1S/C25H31FN2O2/c1-17(2)20-8-10-21(11-9-20)18(3)27-25(30)22-5-4-14-28(16-22)24(29)15-19-6-12-23(26)13-7-19/h6-13,17-18,22H,4-5,14-16H2,1-3H3,(H,27,30). The van der Waals surface area contributed by atoms with E-state index < -0.39 is 0 Å². The van der Waals surface area contributed by atoms with Crippen molar-refractivity contribution >= 4 is 11.8 Å². The number of likely N-dealkylation sites (tertiary alicyclic amines) is 1. The summed E-state index contributed by atoms with van der Waals surface area (Å²) in [5.74, 6) is -0.0575. The lowest BCUT2D eigenvalue weighted by atomic mass is 9.95. The molecule has 0 aliphatic carbocycles. The third-order valence-corrected chi connectivity index (χ3v) is 5.88. The molecule has 1 N–H and O–H groups in total. The maximum atomic E-state index is 13.1. The van der Waals surface area contributed by atoms with Crippen LogP contribution in [-0.4, -0.2) is 29.8 Å². The Morgan fingerprint density at radius 3 is 2.30 bits per heavy atom. The van der Waals surface area contributed by atoms with Gasteiger partial charge in [-0.25, -0.2) is 4.39 Å². The highest BCUT2D eigenvalue weighted by molar-refractivity contribution is 5.82. The number of hydrogen-bond donors (Lipinski definition) is 1. The van der Waals surface area contributed by atoms with E-state index in [0.717, 1.165) is 24.0 Å². The van der Waals surface area contributed by atoms with Crippen molar-refractivity contribution in [1.82, 2.24) is 10.2 Å². The summed E-state index contributed by atoms with van der Waals surface area (Å²) in [6.45, 7) is 7.41. The Morgan fingerprint density at radius 1 is 1.03 bits per heavy atom. The lowest BCUT2D eigenvalue weighted by molar-refractivity contribution is -0.135. The summed E-state index contributed by atoms with van der Waals surface area (Å²) in [5.41, 5.74) is 3.14. The molecule has 1 aliphatic heterocycles. The van der Waals surface area contributed by atoms with Gasteiger partial charge in [-0.1, -0.05) is 50.2 Å². The van der Waals surface area contributed by atoms with Crippen LogP contribution in [0.15, 0.2) is 48.5 Å². The van der Waals surface area contributed by atoms with Crippen molar-refractivity contribution in [3.8, 4) is 0 Å². The van der Waals surface area contributed by atoms with Gasteiger partial charge in [0.2, 0.25) is 11.8 Å². The zero-order valence-electron chi connectivity index (χ0n) is 18.0. The van der Waals surface area contributed by atoms with Crippen LogP contribution in [-0.2, 0) is 16.0 Å². The first-order chi connectivity index (χ1) is 14.3. The van der Waals surface area contributed by atoms with E-state index >= 15 is 0 Å². The average molecular weight is 411 g/mol. The van der Waals surface area contributed by atoms with E-state index in [9.17, 15) is 14.0 Å². The van der Waals surface area contributed by atoms with Gasteiger partial charge in [-0.05, 0) is 54.5 Å². The Bertz CT molecular complexity index is 862. The SMILES string of the molecule is CC(C)c1ccc(C(C)NC(=O)C2CCCN(C(=O)Cc3ccc(F)cc3)C2)cc1. The maximum Gasteiger partial charge on any atom is 0.227 e. The minimum atomic E-state index is -0.311. The second kappa shape index (κ2) is 9.88. The van der Waals surface area contributed by atoms with Gasteiger partial charge >= 0.3 is 0 Å². The van der Waals surface area contributed by atoms with Crippen LogP contribution >= 0.6 is 0 Å². The van der Waals surface area contributed by atoms with Crippen LogP contribution < -0.4 is 5.32 Å². The van der Waals surface area contributed by atoms with Crippen molar-refractivity contribution in [1.29, 1.82) is 0 Å². The van der Waals surface area contributed by atoms with E-state index in [2.05, 4.69) is 43.4 Å². The van der Waals surface area contributed by atoms with Crippen LogP contribution in [0.2, 0.25) is 0 Å². The predicted molar refractivity (Wildman–Crippen MR) is 116 cm³/mol. The lowest BCUT2D eigenvalue weighted by Crippen LogP contribution is -2.46. The fraction of sp³-hybridized carbons (Fsp3) is 0.440. The van der Waals surface area contributed by atoms with E-state index in [4.69, 9.17) is 0 Å². The number of amides is 2. The largest absolute Gasteiger partial charge is 0.349 e. The van der Waals surface area contributed by atoms with Crippen LogP contribution in [0.1, 0.15) is 62.3 Å². The summed E-state index contributed by atoms with van der Waals surface area (Å²) < 4.78 is 13.1. The first kappa shape index (κ1) is 22.0. The Morgan fingerprint density at radius 2 is 1.67 bits per heavy atom. The van der Waals surface area contributed by atoms with Crippen molar-refractivity contribution in [2.75, 3.05) is 13.1 Å². The molecule has 30 heavy (non-hydrogen) atoms. The van der Waals surface area contributed by atoms with Crippen molar-refractivity contribution in [2.45, 2.75) is 52.0 Å². The molecule has 1 saturated heterocycles. The molecular weight excluding hydrogens is 379 g/mol. The van der Waals surface area contributed by atoms with Crippen LogP contribution in [0.5, 0.6) is 0 Å². The molecule has 0 saturated carbocycles. The van der Waals surface area contributed by atoms with Gasteiger partial charge < -0.3 is 10.2 Å². The monoisotopic (exact) mass is 410 g/mol. The summed E-state index contributed by atoms with van der Waals surface area (Å²) in [5, 5.41) is 3.11. The number of benzene rings is 2. The van der Waals surface area contributed by atoms with Gasteiger partial charge in [-0.3, -0.25) is 9.59 Å². The van der Waals surface area contributed by atoms with Crippen LogP contribution in [0.25, 0.3) is 0 Å². The van der Waals surface area contributed by atoms with Gasteiger partial charge in [-0.2, -0.15) is 0 Å². The summed E-state index contributed by atoms with van der Waals surface area (Å²) in [6.07, 6.45) is 1.82. The number of nitrogens with one attached hydrogen (secondary N) is 1. The van der Waals surface area contributed by atoms with E-state index in [1.54, 1.807) is 17.0 Å². The van der Waals surface area contributed by atoms with Gasteiger partial charge in [0, 0.05) is 13.1 Å². The average Bonchev–Trinajstić information content (AvgIpc) is 2.75. The molecule has 0 radical (unpaired) electrons. The number of nitrogens with zero attached hydrogens (tertiary/aromatic N) is 1. The Labute approximate surface area is 178 Å². The van der Waals surface area contributed by atoms with E-state index in [1.165, 1.54) is 17.7 Å². The minimum absolute atomic E-state index is 0.00489. The molecule has 1 heterocycles. The molecule has 2 amide bonds. The molecule has 1 fully saturated rings. The Hall–Kier alpha value is -2.69. The van der Waals surface area contributed by atoms with Crippen molar-refractivity contribution < 1.29 is 14.0 Å². The normalized spacial score (nSPS) is 17.6. The van der Waals surface area contributed by atoms with Crippen LogP contribution in [0, 0.1) is 11.7 Å². The maximum absolute atomic E-state index is 13.1. The zero-order chi connectivity index (χ0) is 21.7. The van der Waals surface area contributed by atoms with Gasteiger partial charge in [0.05, 0.1) is 18.4 Å². The van der Waals surface area contributed by atoms with E-state index in [0.29, 0.717) is 19.0 Å². The molecule has 2 aromatic rings. The highest BCUT2D eigenvalue weighted by atomic mass is 19.1. The fourth-order valence-corrected chi connectivity index (χ4v) is 3.89.